The molecule has 0 N–H and O–H groups in total. The number of rotatable bonds is 64. The number of hydrogen-bond acceptors (Lipinski definition) is 6. The van der Waals surface area contributed by atoms with Crippen LogP contribution in [0.3, 0.4) is 0 Å². The van der Waals surface area contributed by atoms with Crippen molar-refractivity contribution >= 4 is 17.9 Å². The van der Waals surface area contributed by atoms with Crippen LogP contribution in [0.2, 0.25) is 0 Å². The summed E-state index contributed by atoms with van der Waals surface area (Å²) in [6.07, 6.45) is 82.0. The third-order valence-electron chi connectivity index (χ3n) is 15.6. The molecular formula is C71H132O6. The second-order valence-corrected chi connectivity index (χ2v) is 23.4. The first-order valence-corrected chi connectivity index (χ1v) is 34.5. The molecule has 0 spiro atoms. The maximum atomic E-state index is 12.8. The van der Waals surface area contributed by atoms with Crippen LogP contribution < -0.4 is 0 Å². The van der Waals surface area contributed by atoms with Crippen molar-refractivity contribution in [3.63, 3.8) is 0 Å². The summed E-state index contributed by atoms with van der Waals surface area (Å²) in [5, 5.41) is 0. The Morgan fingerprint density at radius 1 is 0.260 bits per heavy atom. The molecule has 6 nitrogen and oxygen atoms in total. The molecule has 0 saturated carbocycles. The number of allylic oxidation sites excluding steroid dienone is 6. The lowest BCUT2D eigenvalue weighted by atomic mass is 10.0. The van der Waals surface area contributed by atoms with E-state index in [0.717, 1.165) is 70.6 Å². The first kappa shape index (κ1) is 74.6. The molecule has 0 radical (unpaired) electrons. The smallest absolute Gasteiger partial charge is 0.306 e. The summed E-state index contributed by atoms with van der Waals surface area (Å²) in [7, 11) is 0. The number of unbranched alkanes of at least 4 members (excludes halogenated alkanes) is 47. The molecular weight excluding hydrogens is 949 g/mol. The van der Waals surface area contributed by atoms with E-state index in [1.165, 1.54) is 270 Å². The van der Waals surface area contributed by atoms with E-state index in [0.29, 0.717) is 19.3 Å². The molecule has 0 aromatic carbocycles. The van der Waals surface area contributed by atoms with E-state index >= 15 is 0 Å². The largest absolute Gasteiger partial charge is 0.462 e. The van der Waals surface area contributed by atoms with Crippen LogP contribution in [-0.4, -0.2) is 37.2 Å². The van der Waals surface area contributed by atoms with Crippen LogP contribution in [0.15, 0.2) is 36.5 Å². The zero-order valence-corrected chi connectivity index (χ0v) is 52.0. The van der Waals surface area contributed by atoms with Crippen LogP contribution in [0, 0.1) is 0 Å². The summed E-state index contributed by atoms with van der Waals surface area (Å²) >= 11 is 0. The van der Waals surface area contributed by atoms with E-state index in [4.69, 9.17) is 14.2 Å². The minimum Gasteiger partial charge on any atom is -0.462 e. The molecule has 0 amide bonds. The summed E-state index contributed by atoms with van der Waals surface area (Å²) in [5.41, 5.74) is 0. The second kappa shape index (κ2) is 66.1. The standard InChI is InChI=1S/C71H132O6/c1-4-7-10-13-16-19-22-24-26-27-28-29-30-31-32-33-34-35-36-37-38-39-40-41-42-43-44-45-46-48-49-52-55-58-61-64-70(73)76-67-68(66-75-69(72)63-60-57-54-51-21-18-15-12-9-6-3)77-71(74)65-62-59-56-53-50-47-25-23-20-17-14-11-8-5-2/h22-25,27-28,68H,4-21,26,29-67H2,1-3H3/b24-22-,25-23-,28-27-. The van der Waals surface area contributed by atoms with Crippen molar-refractivity contribution in [1.82, 2.24) is 0 Å². The minimum absolute atomic E-state index is 0.0695. The van der Waals surface area contributed by atoms with Crippen molar-refractivity contribution in [3.8, 4) is 0 Å². The number of carbonyl (C=O) groups is 3. The predicted molar refractivity (Wildman–Crippen MR) is 335 cm³/mol. The SMILES string of the molecule is CCCCCCC/C=C\C/C=C\CCCCCCCCCCCCCCCCCCCCCCCCCC(=O)OCC(COC(=O)CCCCCCCCCCCC)OC(=O)CCCCCCC/C=C\CCCCCCC. The lowest BCUT2D eigenvalue weighted by Gasteiger charge is -2.18. The van der Waals surface area contributed by atoms with Gasteiger partial charge in [-0.1, -0.05) is 320 Å². The fourth-order valence-corrected chi connectivity index (χ4v) is 10.4. The van der Waals surface area contributed by atoms with Crippen molar-refractivity contribution in [1.29, 1.82) is 0 Å². The Labute approximate surface area is 480 Å². The van der Waals surface area contributed by atoms with Crippen LogP contribution in [-0.2, 0) is 28.6 Å². The van der Waals surface area contributed by atoms with Crippen LogP contribution in [0.4, 0.5) is 0 Å². The van der Waals surface area contributed by atoms with E-state index in [1.54, 1.807) is 0 Å². The van der Waals surface area contributed by atoms with Gasteiger partial charge in [-0.3, -0.25) is 14.4 Å². The molecule has 0 aromatic rings. The lowest BCUT2D eigenvalue weighted by molar-refractivity contribution is -0.167. The fourth-order valence-electron chi connectivity index (χ4n) is 10.4. The molecule has 0 aliphatic heterocycles. The molecule has 0 bridgehead atoms. The summed E-state index contributed by atoms with van der Waals surface area (Å²) in [6.45, 7) is 6.65. The number of hydrogen-bond donors (Lipinski definition) is 0. The topological polar surface area (TPSA) is 78.9 Å². The third-order valence-corrected chi connectivity index (χ3v) is 15.6. The monoisotopic (exact) mass is 1080 g/mol. The molecule has 0 aliphatic carbocycles. The van der Waals surface area contributed by atoms with E-state index < -0.39 is 6.10 Å². The molecule has 452 valence electrons. The summed E-state index contributed by atoms with van der Waals surface area (Å²) < 4.78 is 16.9. The van der Waals surface area contributed by atoms with Crippen molar-refractivity contribution in [2.75, 3.05) is 13.2 Å². The normalized spacial score (nSPS) is 12.2. The summed E-state index contributed by atoms with van der Waals surface area (Å²) in [6, 6.07) is 0. The molecule has 1 unspecified atom stereocenters. The van der Waals surface area contributed by atoms with E-state index in [-0.39, 0.29) is 31.1 Å². The summed E-state index contributed by atoms with van der Waals surface area (Å²) in [4.78, 5) is 38.2. The Bertz CT molecular complexity index is 1290. The van der Waals surface area contributed by atoms with Gasteiger partial charge in [0, 0.05) is 19.3 Å². The quantitative estimate of drug-likeness (QED) is 0.0261. The van der Waals surface area contributed by atoms with Crippen LogP contribution in [0.25, 0.3) is 0 Å². The van der Waals surface area contributed by atoms with Gasteiger partial charge in [-0.2, -0.15) is 0 Å². The van der Waals surface area contributed by atoms with Gasteiger partial charge >= 0.3 is 17.9 Å². The van der Waals surface area contributed by atoms with Gasteiger partial charge in [-0.25, -0.2) is 0 Å². The van der Waals surface area contributed by atoms with E-state index in [1.807, 2.05) is 0 Å². The number of esters is 3. The highest BCUT2D eigenvalue weighted by Gasteiger charge is 2.19. The fraction of sp³-hybridized carbons (Fsp3) is 0.873. The van der Waals surface area contributed by atoms with Crippen LogP contribution in [0.5, 0.6) is 0 Å². The van der Waals surface area contributed by atoms with E-state index in [9.17, 15) is 14.4 Å². The minimum atomic E-state index is -0.771. The van der Waals surface area contributed by atoms with Gasteiger partial charge in [0.2, 0.25) is 0 Å². The molecule has 0 aliphatic rings. The van der Waals surface area contributed by atoms with Gasteiger partial charge in [-0.05, 0) is 77.0 Å². The van der Waals surface area contributed by atoms with Crippen LogP contribution >= 0.6 is 0 Å². The second-order valence-electron chi connectivity index (χ2n) is 23.4. The molecule has 0 saturated heterocycles. The average molecular weight is 1080 g/mol. The highest BCUT2D eigenvalue weighted by Crippen LogP contribution is 2.18. The Balaban J connectivity index is 3.98. The maximum Gasteiger partial charge on any atom is 0.306 e. The first-order valence-electron chi connectivity index (χ1n) is 34.5. The average Bonchev–Trinajstić information content (AvgIpc) is 3.43. The van der Waals surface area contributed by atoms with E-state index in [2.05, 4.69) is 57.2 Å². The first-order chi connectivity index (χ1) is 38.0. The van der Waals surface area contributed by atoms with Gasteiger partial charge in [-0.15, -0.1) is 0 Å². The number of ether oxygens (including phenoxy) is 3. The van der Waals surface area contributed by atoms with Crippen molar-refractivity contribution in [2.45, 2.75) is 386 Å². The molecule has 6 heteroatoms. The van der Waals surface area contributed by atoms with Crippen molar-refractivity contribution in [2.24, 2.45) is 0 Å². The van der Waals surface area contributed by atoms with Gasteiger partial charge in [0.05, 0.1) is 0 Å². The van der Waals surface area contributed by atoms with Crippen molar-refractivity contribution < 1.29 is 28.6 Å². The molecule has 0 aromatic heterocycles. The molecule has 77 heavy (non-hydrogen) atoms. The van der Waals surface area contributed by atoms with Gasteiger partial charge in [0.1, 0.15) is 13.2 Å². The molecule has 0 rings (SSSR count). The number of carbonyl (C=O) groups excluding carboxylic acids is 3. The highest BCUT2D eigenvalue weighted by molar-refractivity contribution is 5.71. The Morgan fingerprint density at radius 2 is 0.468 bits per heavy atom. The zero-order valence-electron chi connectivity index (χ0n) is 52.0. The zero-order chi connectivity index (χ0) is 55.7. The molecule has 0 heterocycles. The maximum absolute atomic E-state index is 12.8. The Kier molecular flexibility index (Phi) is 64.1. The van der Waals surface area contributed by atoms with Crippen molar-refractivity contribution in [3.05, 3.63) is 36.5 Å². The highest BCUT2D eigenvalue weighted by atomic mass is 16.6. The third kappa shape index (κ3) is 64.3. The van der Waals surface area contributed by atoms with Gasteiger partial charge in [0.25, 0.3) is 0 Å². The van der Waals surface area contributed by atoms with Gasteiger partial charge < -0.3 is 14.2 Å². The summed E-state index contributed by atoms with van der Waals surface area (Å²) in [5.74, 6) is -0.856. The predicted octanol–water partition coefficient (Wildman–Crippen LogP) is 23.6. The van der Waals surface area contributed by atoms with Gasteiger partial charge in [0.15, 0.2) is 6.10 Å². The Morgan fingerprint density at radius 3 is 0.727 bits per heavy atom. The lowest BCUT2D eigenvalue weighted by Crippen LogP contribution is -2.30. The molecule has 0 fully saturated rings. The molecule has 1 atom stereocenters. The Hall–Kier alpha value is -2.37. The van der Waals surface area contributed by atoms with Crippen LogP contribution in [0.1, 0.15) is 380 Å².